The van der Waals surface area contributed by atoms with E-state index in [1.54, 1.807) is 24.5 Å². The second kappa shape index (κ2) is 5.95. The molecule has 3 aromatic rings. The molecule has 0 aliphatic carbocycles. The average Bonchev–Trinajstić information content (AvgIpc) is 3.05. The molecule has 6 heteroatoms. The van der Waals surface area contributed by atoms with Crippen molar-refractivity contribution in [3.05, 3.63) is 47.5 Å². The van der Waals surface area contributed by atoms with E-state index in [0.29, 0.717) is 28.8 Å². The van der Waals surface area contributed by atoms with E-state index in [1.807, 2.05) is 6.07 Å². The summed E-state index contributed by atoms with van der Waals surface area (Å²) < 4.78 is 6.02. The van der Waals surface area contributed by atoms with Crippen LogP contribution in [0.5, 0.6) is 11.5 Å². The van der Waals surface area contributed by atoms with Crippen LogP contribution in [0.1, 0.15) is 36.2 Å². The summed E-state index contributed by atoms with van der Waals surface area (Å²) in [6, 6.07) is 7.67. The second-order valence-corrected chi connectivity index (χ2v) is 5.92. The molecule has 1 aliphatic rings. The maximum Gasteiger partial charge on any atom is 0.146 e. The Balaban J connectivity index is 1.69. The summed E-state index contributed by atoms with van der Waals surface area (Å²) in [6.45, 7) is 3.96. The molecule has 24 heavy (non-hydrogen) atoms. The molecule has 0 bridgehead atoms. The van der Waals surface area contributed by atoms with Gasteiger partial charge in [0.1, 0.15) is 28.9 Å². The Hall–Kier alpha value is -2.91. The van der Waals surface area contributed by atoms with Crippen molar-refractivity contribution < 1.29 is 4.74 Å². The van der Waals surface area contributed by atoms with Crippen molar-refractivity contribution >= 4 is 11.0 Å². The Bertz CT molecular complexity index is 940. The summed E-state index contributed by atoms with van der Waals surface area (Å²) in [7, 11) is 0. The van der Waals surface area contributed by atoms with Crippen molar-refractivity contribution in [3.8, 4) is 17.6 Å². The highest BCUT2D eigenvalue weighted by Crippen LogP contribution is 2.32. The first-order valence-corrected chi connectivity index (χ1v) is 8.03. The summed E-state index contributed by atoms with van der Waals surface area (Å²) in [6.07, 6.45) is 4.51. The van der Waals surface area contributed by atoms with Crippen molar-refractivity contribution in [1.29, 1.82) is 5.26 Å². The quantitative estimate of drug-likeness (QED) is 0.774. The zero-order valence-electron chi connectivity index (χ0n) is 13.3. The van der Waals surface area contributed by atoms with E-state index in [4.69, 9.17) is 10.00 Å². The van der Waals surface area contributed by atoms with E-state index in [-0.39, 0.29) is 0 Å². The van der Waals surface area contributed by atoms with Gasteiger partial charge in [0.25, 0.3) is 0 Å². The van der Waals surface area contributed by atoms with Crippen molar-refractivity contribution in [2.45, 2.75) is 25.8 Å². The lowest BCUT2D eigenvalue weighted by Gasteiger charge is -2.24. The monoisotopic (exact) mass is 319 g/mol. The van der Waals surface area contributed by atoms with Crippen molar-refractivity contribution in [1.82, 2.24) is 20.3 Å². The molecule has 0 unspecified atom stereocenters. The second-order valence-electron chi connectivity index (χ2n) is 5.92. The Labute approximate surface area is 139 Å². The molecule has 0 amide bonds. The predicted octanol–water partition coefficient (Wildman–Crippen LogP) is 3.22. The normalized spacial score (nSPS) is 16.6. The number of nitrogens with zero attached hydrogens (tertiary/aromatic N) is 3. The Morgan fingerprint density at radius 3 is 3.12 bits per heavy atom. The van der Waals surface area contributed by atoms with E-state index in [0.717, 1.165) is 30.6 Å². The SMILES string of the molecule is CC[C@H]1CNCc2cc(Oc3ccnc4[nH]c(C#N)cc34)cnc21. The van der Waals surface area contributed by atoms with Crippen LogP contribution in [0.2, 0.25) is 0 Å². The number of nitrogens with one attached hydrogen (secondary N) is 2. The lowest BCUT2D eigenvalue weighted by molar-refractivity contribution is 0.473. The minimum Gasteiger partial charge on any atom is -0.455 e. The minimum absolute atomic E-state index is 0.457. The number of rotatable bonds is 3. The van der Waals surface area contributed by atoms with E-state index < -0.39 is 0 Å². The molecule has 0 radical (unpaired) electrons. The summed E-state index contributed by atoms with van der Waals surface area (Å²) in [5.74, 6) is 1.81. The third kappa shape index (κ3) is 2.49. The number of hydrogen-bond acceptors (Lipinski definition) is 5. The number of nitriles is 1. The van der Waals surface area contributed by atoms with E-state index in [2.05, 4.69) is 33.3 Å². The Morgan fingerprint density at radius 2 is 2.29 bits per heavy atom. The number of aromatic nitrogens is 3. The Kier molecular flexibility index (Phi) is 3.63. The maximum absolute atomic E-state index is 9.03. The van der Waals surface area contributed by atoms with Crippen LogP contribution >= 0.6 is 0 Å². The molecule has 4 heterocycles. The van der Waals surface area contributed by atoms with Crippen LogP contribution in [-0.4, -0.2) is 21.5 Å². The molecule has 0 spiro atoms. The van der Waals surface area contributed by atoms with Gasteiger partial charge in [-0.1, -0.05) is 6.92 Å². The fourth-order valence-electron chi connectivity index (χ4n) is 3.16. The molecular weight excluding hydrogens is 302 g/mol. The van der Waals surface area contributed by atoms with Crippen LogP contribution in [0.4, 0.5) is 0 Å². The van der Waals surface area contributed by atoms with Gasteiger partial charge in [-0.3, -0.25) is 4.98 Å². The van der Waals surface area contributed by atoms with Crippen LogP contribution in [0.3, 0.4) is 0 Å². The van der Waals surface area contributed by atoms with Gasteiger partial charge in [-0.05, 0) is 30.2 Å². The molecule has 0 fully saturated rings. The van der Waals surface area contributed by atoms with Crippen LogP contribution in [-0.2, 0) is 6.54 Å². The molecule has 1 aliphatic heterocycles. The average molecular weight is 319 g/mol. The van der Waals surface area contributed by atoms with E-state index in [1.165, 1.54) is 5.56 Å². The lowest BCUT2D eigenvalue weighted by Crippen LogP contribution is -2.28. The zero-order valence-corrected chi connectivity index (χ0v) is 13.3. The fourth-order valence-corrected chi connectivity index (χ4v) is 3.16. The van der Waals surface area contributed by atoms with Gasteiger partial charge in [-0.15, -0.1) is 0 Å². The topological polar surface area (TPSA) is 86.6 Å². The summed E-state index contributed by atoms with van der Waals surface area (Å²) in [5.41, 5.74) is 3.45. The lowest BCUT2D eigenvalue weighted by atomic mass is 9.94. The van der Waals surface area contributed by atoms with Crippen LogP contribution in [0, 0.1) is 11.3 Å². The first-order chi connectivity index (χ1) is 11.8. The molecule has 0 aromatic carbocycles. The van der Waals surface area contributed by atoms with Crippen LogP contribution in [0.15, 0.2) is 30.6 Å². The van der Waals surface area contributed by atoms with E-state index >= 15 is 0 Å². The molecular formula is C18H17N5O. The zero-order chi connectivity index (χ0) is 16.5. The molecule has 2 N–H and O–H groups in total. The number of H-pyrrole nitrogens is 1. The fraction of sp³-hybridized carbons (Fsp3) is 0.278. The van der Waals surface area contributed by atoms with Gasteiger partial charge in [0, 0.05) is 30.9 Å². The molecule has 0 saturated heterocycles. The molecule has 120 valence electrons. The third-order valence-corrected chi connectivity index (χ3v) is 4.40. The van der Waals surface area contributed by atoms with Gasteiger partial charge in [-0.2, -0.15) is 5.26 Å². The van der Waals surface area contributed by atoms with Gasteiger partial charge >= 0.3 is 0 Å². The van der Waals surface area contributed by atoms with Gasteiger partial charge in [-0.25, -0.2) is 4.98 Å². The highest BCUT2D eigenvalue weighted by molar-refractivity contribution is 5.84. The number of ether oxygens (including phenoxy) is 1. The van der Waals surface area contributed by atoms with Gasteiger partial charge in [0.2, 0.25) is 0 Å². The largest absolute Gasteiger partial charge is 0.455 e. The minimum atomic E-state index is 0.457. The Morgan fingerprint density at radius 1 is 1.38 bits per heavy atom. The molecule has 4 rings (SSSR count). The van der Waals surface area contributed by atoms with Crippen LogP contribution in [0.25, 0.3) is 11.0 Å². The summed E-state index contributed by atoms with van der Waals surface area (Å²) in [4.78, 5) is 11.8. The number of aromatic amines is 1. The summed E-state index contributed by atoms with van der Waals surface area (Å²) in [5, 5.41) is 13.2. The van der Waals surface area contributed by atoms with E-state index in [9.17, 15) is 0 Å². The molecule has 1 atom stereocenters. The number of pyridine rings is 2. The van der Waals surface area contributed by atoms with Crippen LogP contribution < -0.4 is 10.1 Å². The van der Waals surface area contributed by atoms with Crippen molar-refractivity contribution in [2.24, 2.45) is 0 Å². The highest BCUT2D eigenvalue weighted by Gasteiger charge is 2.20. The summed E-state index contributed by atoms with van der Waals surface area (Å²) >= 11 is 0. The maximum atomic E-state index is 9.03. The molecule has 3 aromatic heterocycles. The molecule has 6 nitrogen and oxygen atoms in total. The third-order valence-electron chi connectivity index (χ3n) is 4.40. The predicted molar refractivity (Wildman–Crippen MR) is 89.9 cm³/mol. The first-order valence-electron chi connectivity index (χ1n) is 8.03. The highest BCUT2D eigenvalue weighted by atomic mass is 16.5. The van der Waals surface area contributed by atoms with Gasteiger partial charge in [0.05, 0.1) is 11.6 Å². The van der Waals surface area contributed by atoms with Crippen molar-refractivity contribution in [2.75, 3.05) is 6.54 Å². The number of hydrogen-bond donors (Lipinski definition) is 2. The first kappa shape index (κ1) is 14.7. The smallest absolute Gasteiger partial charge is 0.146 e. The number of fused-ring (bicyclic) bond motifs is 2. The van der Waals surface area contributed by atoms with Crippen molar-refractivity contribution in [3.63, 3.8) is 0 Å². The van der Waals surface area contributed by atoms with Gasteiger partial charge in [0.15, 0.2) is 0 Å². The molecule has 0 saturated carbocycles. The van der Waals surface area contributed by atoms with Gasteiger partial charge < -0.3 is 15.0 Å². The standard InChI is InChI=1S/C18H17N5O/c1-2-11-8-20-9-12-5-14(10-22-17(11)12)24-16-3-4-21-18-15(16)6-13(7-19)23-18/h3-6,10-11,20H,2,8-9H2,1H3,(H,21,23)/t11-/m0/s1.